The maximum Gasteiger partial charge on any atom is 0.254 e. The van der Waals surface area contributed by atoms with Crippen LogP contribution in [0.2, 0.25) is 0 Å². The number of ether oxygens (including phenoxy) is 3. The van der Waals surface area contributed by atoms with E-state index in [1.807, 2.05) is 41.3 Å². The minimum absolute atomic E-state index is 0.0235. The molecule has 1 amide bonds. The number of carbonyl (C=O) groups excluding carboxylic acids is 1. The molecule has 0 bridgehead atoms. The zero-order valence-electron chi connectivity index (χ0n) is 17.8. The SMILES string of the molecule is COc1ccc(CN(C(=O)c2ccc(OCCC(C)C)c(OC)c2)C2CC2)cc1. The third-order valence-corrected chi connectivity index (χ3v) is 5.12. The smallest absolute Gasteiger partial charge is 0.254 e. The van der Waals surface area contributed by atoms with Crippen LogP contribution in [0.15, 0.2) is 42.5 Å². The molecule has 156 valence electrons. The van der Waals surface area contributed by atoms with Gasteiger partial charge in [-0.15, -0.1) is 0 Å². The molecule has 0 atom stereocenters. The molecule has 2 aromatic rings. The van der Waals surface area contributed by atoms with Crippen molar-refractivity contribution in [1.29, 1.82) is 0 Å². The molecular weight excluding hydrogens is 366 g/mol. The molecule has 1 aliphatic carbocycles. The first kappa shape index (κ1) is 21.0. The summed E-state index contributed by atoms with van der Waals surface area (Å²) in [6.07, 6.45) is 3.08. The van der Waals surface area contributed by atoms with Crippen molar-refractivity contribution in [2.24, 2.45) is 5.92 Å². The van der Waals surface area contributed by atoms with E-state index >= 15 is 0 Å². The zero-order chi connectivity index (χ0) is 20.8. The number of nitrogens with zero attached hydrogens (tertiary/aromatic N) is 1. The summed E-state index contributed by atoms with van der Waals surface area (Å²) >= 11 is 0. The van der Waals surface area contributed by atoms with E-state index in [2.05, 4.69) is 13.8 Å². The maximum absolute atomic E-state index is 13.2. The number of benzene rings is 2. The van der Waals surface area contributed by atoms with Gasteiger partial charge in [-0.05, 0) is 61.1 Å². The molecule has 5 heteroatoms. The van der Waals surface area contributed by atoms with Crippen LogP contribution in [-0.2, 0) is 6.54 Å². The second kappa shape index (κ2) is 9.68. The molecule has 5 nitrogen and oxygen atoms in total. The van der Waals surface area contributed by atoms with Crippen molar-refractivity contribution in [3.8, 4) is 17.2 Å². The first-order valence-corrected chi connectivity index (χ1v) is 10.3. The van der Waals surface area contributed by atoms with Gasteiger partial charge in [0, 0.05) is 18.2 Å². The van der Waals surface area contributed by atoms with E-state index in [1.54, 1.807) is 20.3 Å². The Kier molecular flexibility index (Phi) is 7.02. The van der Waals surface area contributed by atoms with E-state index in [1.165, 1.54) is 0 Å². The third kappa shape index (κ3) is 5.66. The molecule has 0 spiro atoms. The lowest BCUT2D eigenvalue weighted by atomic mass is 10.1. The molecule has 0 saturated heterocycles. The van der Waals surface area contributed by atoms with Crippen LogP contribution in [0.25, 0.3) is 0 Å². The van der Waals surface area contributed by atoms with Gasteiger partial charge in [0.1, 0.15) is 5.75 Å². The monoisotopic (exact) mass is 397 g/mol. The van der Waals surface area contributed by atoms with Crippen molar-refractivity contribution >= 4 is 5.91 Å². The Hall–Kier alpha value is -2.69. The van der Waals surface area contributed by atoms with Crippen molar-refractivity contribution in [2.45, 2.75) is 45.7 Å². The summed E-state index contributed by atoms with van der Waals surface area (Å²) in [4.78, 5) is 15.2. The summed E-state index contributed by atoms with van der Waals surface area (Å²) < 4.78 is 16.6. The molecule has 1 fully saturated rings. The topological polar surface area (TPSA) is 48.0 Å². The summed E-state index contributed by atoms with van der Waals surface area (Å²) in [6, 6.07) is 13.6. The summed E-state index contributed by atoms with van der Waals surface area (Å²) in [5, 5.41) is 0. The number of hydrogen-bond acceptors (Lipinski definition) is 4. The van der Waals surface area contributed by atoms with Gasteiger partial charge in [0.25, 0.3) is 5.91 Å². The Morgan fingerprint density at radius 3 is 2.34 bits per heavy atom. The number of amides is 1. The van der Waals surface area contributed by atoms with Gasteiger partial charge in [-0.1, -0.05) is 26.0 Å². The predicted octanol–water partition coefficient (Wildman–Crippen LogP) is 4.93. The van der Waals surface area contributed by atoms with Crippen LogP contribution in [0.3, 0.4) is 0 Å². The zero-order valence-corrected chi connectivity index (χ0v) is 17.8. The molecule has 1 saturated carbocycles. The highest BCUT2D eigenvalue weighted by Crippen LogP contribution is 2.33. The fraction of sp³-hybridized carbons (Fsp3) is 0.458. The largest absolute Gasteiger partial charge is 0.497 e. The number of rotatable bonds is 10. The standard InChI is InChI=1S/C24H31NO4/c1-17(2)13-14-29-22-12-7-19(15-23(22)28-4)24(26)25(20-8-9-20)16-18-5-10-21(27-3)11-6-18/h5-7,10-12,15,17,20H,8-9,13-14,16H2,1-4H3. The second-order valence-corrected chi connectivity index (χ2v) is 7.91. The van der Waals surface area contributed by atoms with Crippen molar-refractivity contribution < 1.29 is 19.0 Å². The minimum Gasteiger partial charge on any atom is -0.497 e. The molecule has 0 unspecified atom stereocenters. The van der Waals surface area contributed by atoms with Gasteiger partial charge in [-0.25, -0.2) is 0 Å². The Morgan fingerprint density at radius 1 is 1.03 bits per heavy atom. The van der Waals surface area contributed by atoms with Crippen LogP contribution in [0.1, 0.15) is 49.0 Å². The summed E-state index contributed by atoms with van der Waals surface area (Å²) in [6.45, 7) is 5.55. The van der Waals surface area contributed by atoms with Gasteiger partial charge in [-0.3, -0.25) is 4.79 Å². The van der Waals surface area contributed by atoms with Gasteiger partial charge < -0.3 is 19.1 Å². The second-order valence-electron chi connectivity index (χ2n) is 7.91. The average Bonchev–Trinajstić information content (AvgIpc) is 3.57. The van der Waals surface area contributed by atoms with Crippen molar-refractivity contribution in [1.82, 2.24) is 4.90 Å². The van der Waals surface area contributed by atoms with Crippen LogP contribution in [0.5, 0.6) is 17.2 Å². The fourth-order valence-electron chi connectivity index (χ4n) is 3.17. The lowest BCUT2D eigenvalue weighted by molar-refractivity contribution is 0.0729. The van der Waals surface area contributed by atoms with Gasteiger partial charge in [0.15, 0.2) is 11.5 Å². The first-order valence-electron chi connectivity index (χ1n) is 10.3. The summed E-state index contributed by atoms with van der Waals surface area (Å²) in [5.41, 5.74) is 1.71. The molecule has 0 radical (unpaired) electrons. The molecular formula is C24H31NO4. The lowest BCUT2D eigenvalue weighted by Gasteiger charge is -2.23. The molecule has 0 aliphatic heterocycles. The van der Waals surface area contributed by atoms with Crippen molar-refractivity contribution in [2.75, 3.05) is 20.8 Å². The number of hydrogen-bond donors (Lipinski definition) is 0. The fourth-order valence-corrected chi connectivity index (χ4v) is 3.17. The van der Waals surface area contributed by atoms with Crippen LogP contribution in [0, 0.1) is 5.92 Å². The van der Waals surface area contributed by atoms with E-state index in [0.717, 1.165) is 30.6 Å². The number of methoxy groups -OCH3 is 2. The predicted molar refractivity (Wildman–Crippen MR) is 114 cm³/mol. The quantitative estimate of drug-likeness (QED) is 0.570. The van der Waals surface area contributed by atoms with Crippen LogP contribution >= 0.6 is 0 Å². The molecule has 1 aliphatic rings. The average molecular weight is 398 g/mol. The normalized spacial score (nSPS) is 13.3. The van der Waals surface area contributed by atoms with E-state index in [0.29, 0.717) is 42.2 Å². The molecule has 0 N–H and O–H groups in total. The van der Waals surface area contributed by atoms with E-state index < -0.39 is 0 Å². The van der Waals surface area contributed by atoms with E-state index in [-0.39, 0.29) is 5.91 Å². The maximum atomic E-state index is 13.2. The Bertz CT molecular complexity index is 812. The van der Waals surface area contributed by atoms with Crippen LogP contribution < -0.4 is 14.2 Å². The molecule has 2 aromatic carbocycles. The van der Waals surface area contributed by atoms with Crippen molar-refractivity contribution in [3.63, 3.8) is 0 Å². The molecule has 0 aromatic heterocycles. The van der Waals surface area contributed by atoms with Crippen LogP contribution in [-0.4, -0.2) is 37.7 Å². The van der Waals surface area contributed by atoms with Gasteiger partial charge in [-0.2, -0.15) is 0 Å². The molecule has 3 rings (SSSR count). The summed E-state index contributed by atoms with van der Waals surface area (Å²) in [7, 11) is 3.26. The highest BCUT2D eigenvalue weighted by Gasteiger charge is 2.33. The molecule has 29 heavy (non-hydrogen) atoms. The van der Waals surface area contributed by atoms with Crippen LogP contribution in [0.4, 0.5) is 0 Å². The first-order chi connectivity index (χ1) is 14.0. The molecule has 0 heterocycles. The van der Waals surface area contributed by atoms with Gasteiger partial charge in [0.05, 0.1) is 20.8 Å². The van der Waals surface area contributed by atoms with Gasteiger partial charge in [0.2, 0.25) is 0 Å². The van der Waals surface area contributed by atoms with Gasteiger partial charge >= 0.3 is 0 Å². The lowest BCUT2D eigenvalue weighted by Crippen LogP contribution is -2.32. The highest BCUT2D eigenvalue weighted by molar-refractivity contribution is 5.95. The summed E-state index contributed by atoms with van der Waals surface area (Å²) in [5.74, 6) is 2.69. The van der Waals surface area contributed by atoms with E-state index in [4.69, 9.17) is 14.2 Å². The van der Waals surface area contributed by atoms with E-state index in [9.17, 15) is 4.79 Å². The minimum atomic E-state index is 0.0235. The Morgan fingerprint density at radius 2 is 1.76 bits per heavy atom. The Balaban J connectivity index is 1.73. The number of carbonyl (C=O) groups is 1. The highest BCUT2D eigenvalue weighted by atomic mass is 16.5. The third-order valence-electron chi connectivity index (χ3n) is 5.12. The Labute approximate surface area is 173 Å². The van der Waals surface area contributed by atoms with Crippen molar-refractivity contribution in [3.05, 3.63) is 53.6 Å².